The third-order valence-corrected chi connectivity index (χ3v) is 3.16. The number of halogens is 2. The third kappa shape index (κ3) is 2.75. The van der Waals surface area contributed by atoms with Gasteiger partial charge in [-0.25, -0.2) is 8.78 Å². The maximum atomic E-state index is 13.2. The van der Waals surface area contributed by atoms with Gasteiger partial charge in [0, 0.05) is 12.2 Å². The average Bonchev–Trinajstić information content (AvgIpc) is 2.38. The summed E-state index contributed by atoms with van der Waals surface area (Å²) >= 11 is 0. The van der Waals surface area contributed by atoms with Crippen molar-refractivity contribution in [2.24, 2.45) is 0 Å². The van der Waals surface area contributed by atoms with Crippen LogP contribution in [0.3, 0.4) is 0 Å². The molecular formula is C14H18F2O2. The van der Waals surface area contributed by atoms with Gasteiger partial charge in [0.25, 0.3) is 0 Å². The molecule has 0 unspecified atom stereocenters. The van der Waals surface area contributed by atoms with Crippen LogP contribution in [0.1, 0.15) is 44.0 Å². The molecule has 1 rings (SSSR count). The van der Waals surface area contributed by atoms with Gasteiger partial charge in [0.15, 0.2) is 17.4 Å². The average molecular weight is 256 g/mol. The molecule has 0 aliphatic carbocycles. The first-order valence-corrected chi connectivity index (χ1v) is 6.14. The highest BCUT2D eigenvalue weighted by Crippen LogP contribution is 2.26. The van der Waals surface area contributed by atoms with Crippen molar-refractivity contribution in [3.63, 3.8) is 0 Å². The first-order valence-electron chi connectivity index (χ1n) is 6.14. The van der Waals surface area contributed by atoms with Crippen LogP contribution in [-0.2, 0) is 4.74 Å². The van der Waals surface area contributed by atoms with Crippen molar-refractivity contribution >= 4 is 5.78 Å². The van der Waals surface area contributed by atoms with E-state index in [1.54, 1.807) is 6.92 Å². The first-order chi connectivity index (χ1) is 8.50. The molecule has 0 heterocycles. The normalized spacial score (nSPS) is 11.6. The number of benzene rings is 1. The Morgan fingerprint density at radius 1 is 1.17 bits per heavy atom. The minimum absolute atomic E-state index is 0.144. The molecule has 0 bridgehead atoms. The highest BCUT2D eigenvalue weighted by atomic mass is 19.2. The van der Waals surface area contributed by atoms with Crippen molar-refractivity contribution in [2.45, 2.75) is 39.2 Å². The number of ketones is 1. The number of hydrogen-bond acceptors (Lipinski definition) is 2. The molecule has 0 radical (unpaired) electrons. The van der Waals surface area contributed by atoms with E-state index in [1.165, 1.54) is 6.07 Å². The van der Waals surface area contributed by atoms with Gasteiger partial charge in [-0.1, -0.05) is 13.8 Å². The highest BCUT2D eigenvalue weighted by molar-refractivity contribution is 6.02. The SMILES string of the molecule is CCOC(CC)(CC)C(=O)c1ccc(F)c(F)c1. The summed E-state index contributed by atoms with van der Waals surface area (Å²) in [6.07, 6.45) is 0.990. The maximum absolute atomic E-state index is 13.2. The van der Waals surface area contributed by atoms with Gasteiger partial charge in [0.05, 0.1) is 0 Å². The van der Waals surface area contributed by atoms with Crippen molar-refractivity contribution in [2.75, 3.05) is 6.61 Å². The number of rotatable bonds is 6. The lowest BCUT2D eigenvalue weighted by molar-refractivity contribution is -0.0250. The van der Waals surface area contributed by atoms with E-state index in [4.69, 9.17) is 4.74 Å². The van der Waals surface area contributed by atoms with Crippen LogP contribution in [0.4, 0.5) is 8.78 Å². The van der Waals surface area contributed by atoms with Gasteiger partial charge in [-0.05, 0) is 38.0 Å². The second-order valence-electron chi connectivity index (χ2n) is 4.09. The number of hydrogen-bond donors (Lipinski definition) is 0. The van der Waals surface area contributed by atoms with E-state index in [9.17, 15) is 13.6 Å². The summed E-state index contributed by atoms with van der Waals surface area (Å²) in [5.74, 6) is -2.27. The van der Waals surface area contributed by atoms with E-state index in [0.29, 0.717) is 19.4 Å². The molecule has 18 heavy (non-hydrogen) atoms. The Balaban J connectivity index is 3.13. The third-order valence-electron chi connectivity index (χ3n) is 3.16. The van der Waals surface area contributed by atoms with E-state index < -0.39 is 17.2 Å². The van der Waals surface area contributed by atoms with Crippen LogP contribution in [0.2, 0.25) is 0 Å². The number of carbonyl (C=O) groups is 1. The fourth-order valence-electron chi connectivity index (χ4n) is 2.02. The van der Waals surface area contributed by atoms with Crippen LogP contribution >= 0.6 is 0 Å². The van der Waals surface area contributed by atoms with Gasteiger partial charge >= 0.3 is 0 Å². The van der Waals surface area contributed by atoms with Gasteiger partial charge in [-0.3, -0.25) is 4.79 Å². The minimum atomic E-state index is -1.02. The largest absolute Gasteiger partial charge is 0.367 e. The molecule has 0 spiro atoms. The lowest BCUT2D eigenvalue weighted by Gasteiger charge is -2.30. The molecule has 0 saturated heterocycles. The van der Waals surface area contributed by atoms with E-state index >= 15 is 0 Å². The zero-order valence-corrected chi connectivity index (χ0v) is 10.9. The van der Waals surface area contributed by atoms with E-state index in [1.807, 2.05) is 13.8 Å². The van der Waals surface area contributed by atoms with Crippen molar-refractivity contribution in [3.8, 4) is 0 Å². The summed E-state index contributed by atoms with van der Waals surface area (Å²) in [6.45, 7) is 5.89. The second-order valence-corrected chi connectivity index (χ2v) is 4.09. The van der Waals surface area contributed by atoms with Crippen LogP contribution in [0.5, 0.6) is 0 Å². The maximum Gasteiger partial charge on any atom is 0.194 e. The quantitative estimate of drug-likeness (QED) is 0.725. The Bertz CT molecular complexity index is 426. The Morgan fingerprint density at radius 3 is 2.22 bits per heavy atom. The van der Waals surface area contributed by atoms with Crippen LogP contribution in [0.15, 0.2) is 18.2 Å². The number of Topliss-reactive ketones (excluding diaryl/α,β-unsaturated/α-hetero) is 1. The van der Waals surface area contributed by atoms with Crippen LogP contribution in [-0.4, -0.2) is 18.0 Å². The lowest BCUT2D eigenvalue weighted by Crippen LogP contribution is -2.40. The molecule has 0 aliphatic heterocycles. The summed E-state index contributed by atoms with van der Waals surface area (Å²) in [7, 11) is 0. The molecule has 0 atom stereocenters. The smallest absolute Gasteiger partial charge is 0.194 e. The number of ether oxygens (including phenoxy) is 1. The zero-order chi connectivity index (χ0) is 13.8. The van der Waals surface area contributed by atoms with Crippen LogP contribution < -0.4 is 0 Å². The molecule has 4 heteroatoms. The predicted molar refractivity (Wildman–Crippen MR) is 65.6 cm³/mol. The van der Waals surface area contributed by atoms with Gasteiger partial charge in [0.1, 0.15) is 5.60 Å². The molecule has 0 fully saturated rings. The molecule has 100 valence electrons. The van der Waals surface area contributed by atoms with Gasteiger partial charge in [-0.15, -0.1) is 0 Å². The van der Waals surface area contributed by atoms with Crippen LogP contribution in [0, 0.1) is 11.6 Å². The van der Waals surface area contributed by atoms with E-state index in [-0.39, 0.29) is 11.3 Å². The molecule has 0 N–H and O–H groups in total. The van der Waals surface area contributed by atoms with Crippen molar-refractivity contribution in [1.82, 2.24) is 0 Å². The van der Waals surface area contributed by atoms with Gasteiger partial charge < -0.3 is 4.74 Å². The standard InChI is InChI=1S/C14H18F2O2/c1-4-14(5-2,18-6-3)13(17)10-7-8-11(15)12(16)9-10/h7-9H,4-6H2,1-3H3. The monoisotopic (exact) mass is 256 g/mol. The zero-order valence-electron chi connectivity index (χ0n) is 10.9. The molecule has 0 aliphatic rings. The molecule has 0 aromatic heterocycles. The lowest BCUT2D eigenvalue weighted by atomic mass is 9.87. The van der Waals surface area contributed by atoms with Crippen molar-refractivity contribution in [3.05, 3.63) is 35.4 Å². The molecule has 2 nitrogen and oxygen atoms in total. The Hall–Kier alpha value is -1.29. The van der Waals surface area contributed by atoms with E-state index in [2.05, 4.69) is 0 Å². The number of carbonyl (C=O) groups excluding carboxylic acids is 1. The highest BCUT2D eigenvalue weighted by Gasteiger charge is 2.36. The summed E-state index contributed by atoms with van der Waals surface area (Å²) < 4.78 is 31.6. The molecule has 1 aromatic rings. The summed E-state index contributed by atoms with van der Waals surface area (Å²) in [5, 5.41) is 0. The topological polar surface area (TPSA) is 26.3 Å². The second kappa shape index (κ2) is 6.05. The van der Waals surface area contributed by atoms with Gasteiger partial charge in [0.2, 0.25) is 0 Å². The summed E-state index contributed by atoms with van der Waals surface area (Å²) in [4.78, 5) is 12.4. The van der Waals surface area contributed by atoms with Crippen molar-refractivity contribution in [1.29, 1.82) is 0 Å². The molecular weight excluding hydrogens is 238 g/mol. The molecule has 1 aromatic carbocycles. The summed E-state index contributed by atoms with van der Waals surface area (Å²) in [6, 6.07) is 3.18. The Morgan fingerprint density at radius 2 is 1.78 bits per heavy atom. The Kier molecular flexibility index (Phi) is 4.96. The predicted octanol–water partition coefficient (Wildman–Crippen LogP) is 3.74. The molecule has 0 amide bonds. The van der Waals surface area contributed by atoms with Gasteiger partial charge in [-0.2, -0.15) is 0 Å². The summed E-state index contributed by atoms with van der Waals surface area (Å²) in [5.41, 5.74) is -0.801. The van der Waals surface area contributed by atoms with Crippen LogP contribution in [0.25, 0.3) is 0 Å². The fourth-order valence-corrected chi connectivity index (χ4v) is 2.02. The van der Waals surface area contributed by atoms with Crippen molar-refractivity contribution < 1.29 is 18.3 Å². The Labute approximate surface area is 106 Å². The van der Waals surface area contributed by atoms with E-state index in [0.717, 1.165) is 12.1 Å². The fraction of sp³-hybridized carbons (Fsp3) is 0.500. The molecule has 0 saturated carbocycles. The first kappa shape index (κ1) is 14.8. The minimum Gasteiger partial charge on any atom is -0.367 e.